The molecule has 0 bridgehead atoms. The van der Waals surface area contributed by atoms with Gasteiger partial charge in [0, 0.05) is 13.5 Å². The Labute approximate surface area is 106 Å². The minimum Gasteiger partial charge on any atom is -0.441 e. The highest BCUT2D eigenvalue weighted by atomic mass is 16.3. The molecule has 0 fully saturated rings. The van der Waals surface area contributed by atoms with Crippen molar-refractivity contribution in [3.63, 3.8) is 0 Å². The van der Waals surface area contributed by atoms with Gasteiger partial charge in [-0.25, -0.2) is 4.98 Å². The zero-order chi connectivity index (χ0) is 13.0. The van der Waals surface area contributed by atoms with Crippen LogP contribution < -0.4 is 10.6 Å². The molecule has 1 heterocycles. The molecular formula is C13H17N3O2. The number of benzene rings is 1. The summed E-state index contributed by atoms with van der Waals surface area (Å²) < 4.78 is 5.39. The fourth-order valence-electron chi connectivity index (χ4n) is 1.70. The minimum atomic E-state index is -0.00622. The summed E-state index contributed by atoms with van der Waals surface area (Å²) in [5, 5.41) is 5.82. The van der Waals surface area contributed by atoms with Crippen LogP contribution in [0.2, 0.25) is 0 Å². The van der Waals surface area contributed by atoms with Crippen LogP contribution in [0.3, 0.4) is 0 Å². The summed E-state index contributed by atoms with van der Waals surface area (Å²) in [6, 6.07) is 5.74. The van der Waals surface area contributed by atoms with Gasteiger partial charge in [0.2, 0.25) is 5.91 Å². The molecule has 2 rings (SSSR count). The lowest BCUT2D eigenvalue weighted by Gasteiger charge is -2.05. The van der Waals surface area contributed by atoms with Crippen molar-refractivity contribution in [2.24, 2.45) is 0 Å². The van der Waals surface area contributed by atoms with E-state index in [2.05, 4.69) is 15.6 Å². The van der Waals surface area contributed by atoms with Crippen LogP contribution in [-0.2, 0) is 11.3 Å². The molecule has 0 saturated heterocycles. The van der Waals surface area contributed by atoms with Crippen LogP contribution in [0.1, 0.15) is 18.4 Å². The van der Waals surface area contributed by atoms with Gasteiger partial charge in [0.05, 0.1) is 6.54 Å². The van der Waals surface area contributed by atoms with Crippen LogP contribution in [0.5, 0.6) is 0 Å². The Balaban J connectivity index is 1.97. The van der Waals surface area contributed by atoms with Crippen LogP contribution in [0, 0.1) is 6.92 Å². The minimum absolute atomic E-state index is 0.00622. The molecular weight excluding hydrogens is 230 g/mol. The number of hydrogen-bond donors (Lipinski definition) is 2. The van der Waals surface area contributed by atoms with Crippen LogP contribution in [0.15, 0.2) is 22.6 Å². The Bertz CT molecular complexity index is 548. The van der Waals surface area contributed by atoms with Crippen LogP contribution in [0.25, 0.3) is 11.1 Å². The molecule has 18 heavy (non-hydrogen) atoms. The van der Waals surface area contributed by atoms with Gasteiger partial charge in [-0.2, -0.15) is 0 Å². The topological polar surface area (TPSA) is 67.2 Å². The maximum Gasteiger partial charge on any atom is 0.234 e. The number of amides is 1. The van der Waals surface area contributed by atoms with Crippen molar-refractivity contribution in [3.05, 3.63) is 29.7 Å². The smallest absolute Gasteiger partial charge is 0.234 e. The van der Waals surface area contributed by atoms with Crippen molar-refractivity contribution in [2.75, 3.05) is 13.1 Å². The molecule has 0 spiro atoms. The molecule has 0 saturated carbocycles. The van der Waals surface area contributed by atoms with Gasteiger partial charge in [-0.1, -0.05) is 13.0 Å². The molecule has 0 unspecified atom stereocenters. The van der Waals surface area contributed by atoms with Crippen molar-refractivity contribution in [1.29, 1.82) is 0 Å². The Morgan fingerprint density at radius 3 is 3.06 bits per heavy atom. The van der Waals surface area contributed by atoms with E-state index in [9.17, 15) is 4.79 Å². The molecule has 0 aliphatic carbocycles. The van der Waals surface area contributed by atoms with Crippen molar-refractivity contribution in [3.8, 4) is 0 Å². The number of aryl methyl sites for hydroxylation is 1. The monoisotopic (exact) mass is 247 g/mol. The largest absolute Gasteiger partial charge is 0.441 e. The molecule has 1 amide bonds. The number of fused-ring (bicyclic) bond motifs is 1. The number of rotatable bonds is 5. The van der Waals surface area contributed by atoms with E-state index in [-0.39, 0.29) is 5.91 Å². The Morgan fingerprint density at radius 2 is 2.28 bits per heavy atom. The van der Waals surface area contributed by atoms with E-state index >= 15 is 0 Å². The van der Waals surface area contributed by atoms with E-state index < -0.39 is 0 Å². The zero-order valence-electron chi connectivity index (χ0n) is 10.6. The fraction of sp³-hybridized carbons (Fsp3) is 0.385. The summed E-state index contributed by atoms with van der Waals surface area (Å²) in [4.78, 5) is 15.7. The molecule has 5 nitrogen and oxygen atoms in total. The highest BCUT2D eigenvalue weighted by Gasteiger charge is 2.04. The normalized spacial score (nSPS) is 10.8. The molecule has 0 aliphatic heterocycles. The average molecular weight is 247 g/mol. The summed E-state index contributed by atoms with van der Waals surface area (Å²) in [5.74, 6) is 0.645. The second-order valence-electron chi connectivity index (χ2n) is 4.09. The second kappa shape index (κ2) is 5.64. The van der Waals surface area contributed by atoms with Gasteiger partial charge in [-0.05, 0) is 24.2 Å². The lowest BCUT2D eigenvalue weighted by Crippen LogP contribution is -2.33. The first-order valence-electron chi connectivity index (χ1n) is 6.02. The lowest BCUT2D eigenvalue weighted by atomic mass is 10.2. The number of likely N-dealkylation sites (N-methyl/N-ethyl adjacent to an activating group) is 1. The third kappa shape index (κ3) is 3.07. The van der Waals surface area contributed by atoms with E-state index in [1.54, 1.807) is 0 Å². The first kappa shape index (κ1) is 12.6. The summed E-state index contributed by atoms with van der Waals surface area (Å²) in [6.07, 6.45) is 0. The Kier molecular flexibility index (Phi) is 3.94. The maximum atomic E-state index is 11.4. The van der Waals surface area contributed by atoms with Gasteiger partial charge in [0.25, 0.3) is 0 Å². The summed E-state index contributed by atoms with van der Waals surface area (Å²) in [6.45, 7) is 5.43. The van der Waals surface area contributed by atoms with Crippen molar-refractivity contribution >= 4 is 17.0 Å². The molecule has 5 heteroatoms. The average Bonchev–Trinajstić information content (AvgIpc) is 2.73. The van der Waals surface area contributed by atoms with E-state index in [0.717, 1.165) is 23.2 Å². The van der Waals surface area contributed by atoms with E-state index in [4.69, 9.17) is 4.42 Å². The standard InChI is InChI=1S/C13H17N3O2/c1-3-14-8-13(17)15-7-10-4-5-12-11(6-10)16-9(2)18-12/h4-6,14H,3,7-8H2,1-2H3,(H,15,17). The van der Waals surface area contributed by atoms with Crippen LogP contribution in [0.4, 0.5) is 0 Å². The van der Waals surface area contributed by atoms with Crippen LogP contribution >= 0.6 is 0 Å². The molecule has 2 N–H and O–H groups in total. The maximum absolute atomic E-state index is 11.4. The quantitative estimate of drug-likeness (QED) is 0.837. The number of nitrogens with zero attached hydrogens (tertiary/aromatic N) is 1. The summed E-state index contributed by atoms with van der Waals surface area (Å²) in [5.41, 5.74) is 2.61. The van der Waals surface area contributed by atoms with Crippen molar-refractivity contribution in [1.82, 2.24) is 15.6 Å². The van der Waals surface area contributed by atoms with Crippen LogP contribution in [-0.4, -0.2) is 24.0 Å². The number of aromatic nitrogens is 1. The predicted octanol–water partition coefficient (Wildman–Crippen LogP) is 1.36. The third-order valence-electron chi connectivity index (χ3n) is 2.58. The molecule has 0 atom stereocenters. The first-order valence-corrected chi connectivity index (χ1v) is 6.02. The summed E-state index contributed by atoms with van der Waals surface area (Å²) >= 11 is 0. The Morgan fingerprint density at radius 1 is 1.44 bits per heavy atom. The molecule has 0 radical (unpaired) electrons. The SMILES string of the molecule is CCNCC(=O)NCc1ccc2oc(C)nc2c1. The number of carbonyl (C=O) groups is 1. The van der Waals surface area contributed by atoms with Gasteiger partial charge in [-0.15, -0.1) is 0 Å². The molecule has 2 aromatic rings. The number of nitrogens with one attached hydrogen (secondary N) is 2. The Hall–Kier alpha value is -1.88. The third-order valence-corrected chi connectivity index (χ3v) is 2.58. The number of carbonyl (C=O) groups excluding carboxylic acids is 1. The van der Waals surface area contributed by atoms with E-state index in [1.807, 2.05) is 32.0 Å². The van der Waals surface area contributed by atoms with Crippen molar-refractivity contribution in [2.45, 2.75) is 20.4 Å². The summed E-state index contributed by atoms with van der Waals surface area (Å²) in [7, 11) is 0. The number of hydrogen-bond acceptors (Lipinski definition) is 4. The lowest BCUT2D eigenvalue weighted by molar-refractivity contribution is -0.120. The highest BCUT2D eigenvalue weighted by Crippen LogP contribution is 2.16. The van der Waals surface area contributed by atoms with Gasteiger partial charge in [-0.3, -0.25) is 4.79 Å². The van der Waals surface area contributed by atoms with Gasteiger partial charge >= 0.3 is 0 Å². The molecule has 96 valence electrons. The zero-order valence-corrected chi connectivity index (χ0v) is 10.6. The predicted molar refractivity (Wildman–Crippen MR) is 69.1 cm³/mol. The van der Waals surface area contributed by atoms with E-state index in [1.165, 1.54) is 0 Å². The second-order valence-corrected chi connectivity index (χ2v) is 4.09. The van der Waals surface area contributed by atoms with E-state index in [0.29, 0.717) is 19.0 Å². The number of oxazole rings is 1. The first-order chi connectivity index (χ1) is 8.69. The van der Waals surface area contributed by atoms with Gasteiger partial charge < -0.3 is 15.1 Å². The molecule has 1 aromatic carbocycles. The fourth-order valence-corrected chi connectivity index (χ4v) is 1.70. The van der Waals surface area contributed by atoms with Gasteiger partial charge in [0.15, 0.2) is 11.5 Å². The molecule has 1 aromatic heterocycles. The van der Waals surface area contributed by atoms with Crippen molar-refractivity contribution < 1.29 is 9.21 Å². The highest BCUT2D eigenvalue weighted by molar-refractivity contribution is 5.78. The van der Waals surface area contributed by atoms with Gasteiger partial charge in [0.1, 0.15) is 5.52 Å². The molecule has 0 aliphatic rings.